The second kappa shape index (κ2) is 6.49. The molecule has 2 amide bonds. The van der Waals surface area contributed by atoms with Crippen molar-refractivity contribution in [2.24, 2.45) is 0 Å². The predicted octanol–water partition coefficient (Wildman–Crippen LogP) is 0.638. The summed E-state index contributed by atoms with van der Waals surface area (Å²) in [6.45, 7) is 1.97. The first kappa shape index (κ1) is 15.2. The smallest absolute Gasteiger partial charge is 0.327 e. The molecule has 21 heavy (non-hydrogen) atoms. The van der Waals surface area contributed by atoms with Gasteiger partial charge in [-0.25, -0.2) is 4.79 Å². The van der Waals surface area contributed by atoms with Gasteiger partial charge < -0.3 is 4.74 Å². The summed E-state index contributed by atoms with van der Waals surface area (Å²) in [6, 6.07) is 7.54. The number of likely N-dealkylation sites (tertiary alicyclic amines) is 1. The minimum atomic E-state index is -0.764. The van der Waals surface area contributed by atoms with Crippen molar-refractivity contribution >= 4 is 17.8 Å². The van der Waals surface area contributed by atoms with E-state index < -0.39 is 18.1 Å². The normalized spacial score (nSPS) is 19.7. The molecule has 1 aromatic rings. The van der Waals surface area contributed by atoms with Gasteiger partial charge in [0.25, 0.3) is 0 Å². The Morgan fingerprint density at radius 3 is 2.57 bits per heavy atom. The zero-order valence-electron chi connectivity index (χ0n) is 12.0. The molecular weight excluding hydrogens is 272 g/mol. The molecule has 2 unspecified atom stereocenters. The SMILES string of the molecule is CCOC(=O)C(NC1CC(=O)N(C)C1=O)c1ccccc1. The van der Waals surface area contributed by atoms with Crippen LogP contribution in [0.1, 0.15) is 24.9 Å². The molecule has 0 bridgehead atoms. The number of esters is 1. The Morgan fingerprint density at radius 2 is 2.05 bits per heavy atom. The van der Waals surface area contributed by atoms with Crippen molar-refractivity contribution < 1.29 is 19.1 Å². The molecule has 6 heteroatoms. The molecule has 112 valence electrons. The van der Waals surface area contributed by atoms with Crippen LogP contribution in [0, 0.1) is 0 Å². The number of benzene rings is 1. The van der Waals surface area contributed by atoms with Crippen molar-refractivity contribution in [1.82, 2.24) is 10.2 Å². The van der Waals surface area contributed by atoms with Crippen molar-refractivity contribution in [2.75, 3.05) is 13.7 Å². The lowest BCUT2D eigenvalue weighted by Crippen LogP contribution is -2.42. The molecule has 0 spiro atoms. The van der Waals surface area contributed by atoms with Crippen LogP contribution < -0.4 is 5.32 Å². The van der Waals surface area contributed by atoms with Gasteiger partial charge in [0.2, 0.25) is 11.8 Å². The van der Waals surface area contributed by atoms with Crippen LogP contribution in [0.3, 0.4) is 0 Å². The summed E-state index contributed by atoms with van der Waals surface area (Å²) >= 11 is 0. The van der Waals surface area contributed by atoms with Crippen LogP contribution in [0.5, 0.6) is 0 Å². The number of likely N-dealkylation sites (N-methyl/N-ethyl adjacent to an activating group) is 1. The Balaban J connectivity index is 2.19. The highest BCUT2D eigenvalue weighted by Gasteiger charge is 2.38. The predicted molar refractivity (Wildman–Crippen MR) is 75.1 cm³/mol. The van der Waals surface area contributed by atoms with Gasteiger partial charge in [0.15, 0.2) is 0 Å². The highest BCUT2D eigenvalue weighted by atomic mass is 16.5. The van der Waals surface area contributed by atoms with E-state index in [0.717, 1.165) is 4.90 Å². The van der Waals surface area contributed by atoms with Crippen molar-refractivity contribution in [3.8, 4) is 0 Å². The number of carbonyl (C=O) groups excluding carboxylic acids is 3. The van der Waals surface area contributed by atoms with Gasteiger partial charge in [0.1, 0.15) is 6.04 Å². The van der Waals surface area contributed by atoms with Crippen molar-refractivity contribution in [3.63, 3.8) is 0 Å². The van der Waals surface area contributed by atoms with Crippen molar-refractivity contribution in [2.45, 2.75) is 25.4 Å². The minimum Gasteiger partial charge on any atom is -0.465 e. The fraction of sp³-hybridized carbons (Fsp3) is 0.400. The molecule has 0 radical (unpaired) electrons. The van der Waals surface area contributed by atoms with Gasteiger partial charge in [-0.15, -0.1) is 0 Å². The maximum atomic E-state index is 12.1. The number of hydrogen-bond acceptors (Lipinski definition) is 5. The van der Waals surface area contributed by atoms with E-state index in [2.05, 4.69) is 5.32 Å². The van der Waals surface area contributed by atoms with Gasteiger partial charge in [0.05, 0.1) is 19.1 Å². The zero-order valence-corrected chi connectivity index (χ0v) is 12.0. The molecule has 1 N–H and O–H groups in total. The zero-order chi connectivity index (χ0) is 15.4. The second-order valence-corrected chi connectivity index (χ2v) is 4.81. The van der Waals surface area contributed by atoms with Crippen molar-refractivity contribution in [3.05, 3.63) is 35.9 Å². The molecule has 0 aliphatic carbocycles. The minimum absolute atomic E-state index is 0.0536. The average molecular weight is 290 g/mol. The van der Waals surface area contributed by atoms with Gasteiger partial charge in [0, 0.05) is 7.05 Å². The lowest BCUT2D eigenvalue weighted by molar-refractivity contribution is -0.146. The monoisotopic (exact) mass is 290 g/mol. The van der Waals surface area contributed by atoms with Crippen LogP contribution in [-0.2, 0) is 19.1 Å². The summed E-state index contributed by atoms with van der Waals surface area (Å²) < 4.78 is 5.05. The molecule has 1 aromatic carbocycles. The van der Waals surface area contributed by atoms with E-state index in [-0.39, 0.29) is 24.8 Å². The lowest BCUT2D eigenvalue weighted by atomic mass is 10.1. The van der Waals surface area contributed by atoms with E-state index >= 15 is 0 Å². The van der Waals surface area contributed by atoms with Gasteiger partial charge in [-0.05, 0) is 12.5 Å². The molecule has 6 nitrogen and oxygen atoms in total. The highest BCUT2D eigenvalue weighted by molar-refractivity contribution is 6.05. The number of carbonyl (C=O) groups is 3. The topological polar surface area (TPSA) is 75.7 Å². The van der Waals surface area contributed by atoms with Crippen LogP contribution in [0.25, 0.3) is 0 Å². The summed E-state index contributed by atoms with van der Waals surface area (Å²) in [7, 11) is 1.44. The third kappa shape index (κ3) is 3.28. The number of amides is 2. The summed E-state index contributed by atoms with van der Waals surface area (Å²) in [4.78, 5) is 36.7. The van der Waals surface area contributed by atoms with Crippen LogP contribution in [0.4, 0.5) is 0 Å². The first-order chi connectivity index (χ1) is 10.0. The number of imide groups is 1. The molecule has 1 aliphatic heterocycles. The third-order valence-corrected chi connectivity index (χ3v) is 3.40. The van der Waals surface area contributed by atoms with Crippen LogP contribution in [0.15, 0.2) is 30.3 Å². The van der Waals surface area contributed by atoms with Crippen molar-refractivity contribution in [1.29, 1.82) is 0 Å². The Labute approximate surface area is 123 Å². The number of ether oxygens (including phenoxy) is 1. The first-order valence-corrected chi connectivity index (χ1v) is 6.82. The van der Waals surface area contributed by atoms with Crippen LogP contribution in [-0.4, -0.2) is 42.4 Å². The fourth-order valence-electron chi connectivity index (χ4n) is 2.26. The fourth-order valence-corrected chi connectivity index (χ4v) is 2.26. The Morgan fingerprint density at radius 1 is 1.38 bits per heavy atom. The molecule has 2 rings (SSSR count). The van der Waals surface area contributed by atoms with E-state index in [1.54, 1.807) is 31.2 Å². The Bertz CT molecular complexity index is 544. The summed E-state index contributed by atoms with van der Waals surface area (Å²) in [6.07, 6.45) is 0.0536. The van der Waals surface area contributed by atoms with E-state index in [1.165, 1.54) is 7.05 Å². The van der Waals surface area contributed by atoms with E-state index in [1.807, 2.05) is 6.07 Å². The summed E-state index contributed by atoms with van der Waals surface area (Å²) in [5.41, 5.74) is 0.700. The molecular formula is C15H18N2O4. The average Bonchev–Trinajstić information content (AvgIpc) is 2.73. The number of nitrogens with one attached hydrogen (secondary N) is 1. The molecule has 1 saturated heterocycles. The largest absolute Gasteiger partial charge is 0.465 e. The molecule has 2 atom stereocenters. The maximum absolute atomic E-state index is 12.1. The molecule has 0 saturated carbocycles. The third-order valence-electron chi connectivity index (χ3n) is 3.40. The van der Waals surface area contributed by atoms with Crippen LogP contribution in [0.2, 0.25) is 0 Å². The standard InChI is InChI=1S/C15H18N2O4/c1-3-21-15(20)13(10-7-5-4-6-8-10)16-11-9-12(18)17(2)14(11)19/h4-8,11,13,16H,3,9H2,1-2H3. The van der Waals surface area contributed by atoms with E-state index in [0.29, 0.717) is 5.56 Å². The number of hydrogen-bond donors (Lipinski definition) is 1. The molecule has 1 aliphatic rings. The first-order valence-electron chi connectivity index (χ1n) is 6.82. The molecule has 1 heterocycles. The van der Waals surface area contributed by atoms with Gasteiger partial charge in [-0.1, -0.05) is 30.3 Å². The Kier molecular flexibility index (Phi) is 4.70. The molecule has 1 fully saturated rings. The van der Waals surface area contributed by atoms with E-state index in [4.69, 9.17) is 4.74 Å². The van der Waals surface area contributed by atoms with Gasteiger partial charge in [-0.2, -0.15) is 0 Å². The summed E-state index contributed by atoms with van der Waals surface area (Å²) in [5.74, 6) is -1.04. The quantitative estimate of drug-likeness (QED) is 0.636. The van der Waals surface area contributed by atoms with Crippen LogP contribution >= 0.6 is 0 Å². The number of nitrogens with zero attached hydrogens (tertiary/aromatic N) is 1. The van der Waals surface area contributed by atoms with E-state index in [9.17, 15) is 14.4 Å². The second-order valence-electron chi connectivity index (χ2n) is 4.81. The van der Waals surface area contributed by atoms with Gasteiger partial charge >= 0.3 is 5.97 Å². The number of rotatable bonds is 5. The summed E-state index contributed by atoms with van der Waals surface area (Å²) in [5, 5.41) is 2.94. The Hall–Kier alpha value is -2.21. The lowest BCUT2D eigenvalue weighted by Gasteiger charge is -2.20. The highest BCUT2D eigenvalue weighted by Crippen LogP contribution is 2.19. The molecule has 0 aromatic heterocycles. The maximum Gasteiger partial charge on any atom is 0.327 e. The van der Waals surface area contributed by atoms with Gasteiger partial charge in [-0.3, -0.25) is 19.8 Å².